The van der Waals surface area contributed by atoms with Crippen molar-refractivity contribution in [3.8, 4) is 5.75 Å². The normalized spacial score (nSPS) is 18.4. The molecule has 1 aliphatic heterocycles. The van der Waals surface area contributed by atoms with Gasteiger partial charge in [-0.25, -0.2) is 0 Å². The molecule has 2 atom stereocenters. The molecular formula is C22H22O3. The summed E-state index contributed by atoms with van der Waals surface area (Å²) in [5.74, 6) is 0.766. The minimum absolute atomic E-state index is 0.101. The quantitative estimate of drug-likeness (QED) is 0.739. The van der Waals surface area contributed by atoms with Gasteiger partial charge >= 0.3 is 0 Å². The van der Waals surface area contributed by atoms with Gasteiger partial charge in [-0.1, -0.05) is 48.5 Å². The van der Waals surface area contributed by atoms with Crippen LogP contribution in [0.25, 0.3) is 10.8 Å². The molecule has 0 bridgehead atoms. The largest absolute Gasteiger partial charge is 0.489 e. The third-order valence-electron chi connectivity index (χ3n) is 4.74. The smallest absolute Gasteiger partial charge is 0.120 e. The Hall–Kier alpha value is -2.36. The zero-order valence-electron chi connectivity index (χ0n) is 14.1. The van der Waals surface area contributed by atoms with Crippen molar-refractivity contribution in [1.29, 1.82) is 0 Å². The second kappa shape index (κ2) is 7.26. The Balaban J connectivity index is 1.45. The van der Waals surface area contributed by atoms with Crippen LogP contribution < -0.4 is 4.74 Å². The van der Waals surface area contributed by atoms with Gasteiger partial charge in [-0.2, -0.15) is 0 Å². The fourth-order valence-corrected chi connectivity index (χ4v) is 3.35. The lowest BCUT2D eigenvalue weighted by Crippen LogP contribution is -2.17. The maximum absolute atomic E-state index is 10.5. The van der Waals surface area contributed by atoms with E-state index in [0.717, 1.165) is 36.3 Å². The molecule has 1 saturated heterocycles. The van der Waals surface area contributed by atoms with Crippen LogP contribution in [0.2, 0.25) is 0 Å². The molecule has 4 rings (SSSR count). The van der Waals surface area contributed by atoms with Crippen molar-refractivity contribution in [2.45, 2.75) is 31.7 Å². The highest BCUT2D eigenvalue weighted by atomic mass is 16.5. The molecule has 0 radical (unpaired) electrons. The first-order chi connectivity index (χ1) is 12.3. The van der Waals surface area contributed by atoms with Crippen LogP contribution in [0.1, 0.15) is 30.1 Å². The molecular weight excluding hydrogens is 312 g/mol. The highest BCUT2D eigenvalue weighted by Crippen LogP contribution is 2.29. The SMILES string of the molecule is OC(c1cccc(OCc2ccc3ccccc3c2)c1)C1CCCO1. The lowest BCUT2D eigenvalue weighted by molar-refractivity contribution is -0.00269. The van der Waals surface area contributed by atoms with E-state index in [-0.39, 0.29) is 6.10 Å². The molecule has 0 amide bonds. The van der Waals surface area contributed by atoms with Crippen molar-refractivity contribution in [3.63, 3.8) is 0 Å². The number of fused-ring (bicyclic) bond motifs is 1. The summed E-state index contributed by atoms with van der Waals surface area (Å²) in [6, 6.07) is 22.3. The molecule has 3 heteroatoms. The summed E-state index contributed by atoms with van der Waals surface area (Å²) in [5, 5.41) is 12.9. The second-order valence-electron chi connectivity index (χ2n) is 6.54. The lowest BCUT2D eigenvalue weighted by atomic mass is 10.0. The molecule has 3 aromatic rings. The number of aliphatic hydroxyl groups excluding tert-OH is 1. The number of ether oxygens (including phenoxy) is 2. The van der Waals surface area contributed by atoms with Crippen LogP contribution in [0.15, 0.2) is 66.7 Å². The van der Waals surface area contributed by atoms with Gasteiger partial charge < -0.3 is 14.6 Å². The summed E-state index contributed by atoms with van der Waals surface area (Å²) < 4.78 is 11.5. The molecule has 0 aliphatic carbocycles. The van der Waals surface area contributed by atoms with Gasteiger partial charge in [0.15, 0.2) is 0 Å². The molecule has 0 aromatic heterocycles. The van der Waals surface area contributed by atoms with Crippen molar-refractivity contribution >= 4 is 10.8 Å². The standard InChI is InChI=1S/C22H22O3/c23-22(21-9-4-12-24-21)19-7-3-8-20(14-19)25-15-16-10-11-17-5-1-2-6-18(17)13-16/h1-3,5-8,10-11,13-14,21-23H,4,9,12,15H2. The highest BCUT2D eigenvalue weighted by molar-refractivity contribution is 5.82. The average molecular weight is 334 g/mol. The van der Waals surface area contributed by atoms with Crippen LogP contribution in [-0.4, -0.2) is 17.8 Å². The zero-order valence-corrected chi connectivity index (χ0v) is 14.1. The van der Waals surface area contributed by atoms with E-state index in [1.165, 1.54) is 10.8 Å². The van der Waals surface area contributed by atoms with E-state index in [9.17, 15) is 5.11 Å². The van der Waals surface area contributed by atoms with Crippen LogP contribution in [0.3, 0.4) is 0 Å². The summed E-state index contributed by atoms with van der Waals surface area (Å²) >= 11 is 0. The van der Waals surface area contributed by atoms with E-state index in [1.54, 1.807) is 0 Å². The minimum Gasteiger partial charge on any atom is -0.489 e. The fourth-order valence-electron chi connectivity index (χ4n) is 3.35. The third kappa shape index (κ3) is 3.68. The number of rotatable bonds is 5. The van der Waals surface area contributed by atoms with Crippen molar-refractivity contribution < 1.29 is 14.6 Å². The van der Waals surface area contributed by atoms with E-state index < -0.39 is 6.10 Å². The van der Waals surface area contributed by atoms with Gasteiger partial charge in [0.2, 0.25) is 0 Å². The first-order valence-corrected chi connectivity index (χ1v) is 8.80. The summed E-state index contributed by atoms with van der Waals surface area (Å²) in [7, 11) is 0. The molecule has 0 spiro atoms. The number of hydrogen-bond donors (Lipinski definition) is 1. The minimum atomic E-state index is -0.591. The van der Waals surface area contributed by atoms with Gasteiger partial charge in [-0.05, 0) is 52.9 Å². The predicted molar refractivity (Wildman–Crippen MR) is 98.7 cm³/mol. The molecule has 2 unspecified atom stereocenters. The number of hydrogen-bond acceptors (Lipinski definition) is 3. The van der Waals surface area contributed by atoms with Crippen molar-refractivity contribution in [2.24, 2.45) is 0 Å². The lowest BCUT2D eigenvalue weighted by Gasteiger charge is -2.18. The average Bonchev–Trinajstić information content (AvgIpc) is 3.20. The summed E-state index contributed by atoms with van der Waals surface area (Å²) in [4.78, 5) is 0. The Morgan fingerprint density at radius 1 is 1.00 bits per heavy atom. The summed E-state index contributed by atoms with van der Waals surface area (Å²) in [6.45, 7) is 1.24. The molecule has 1 fully saturated rings. The van der Waals surface area contributed by atoms with E-state index in [4.69, 9.17) is 9.47 Å². The fraction of sp³-hybridized carbons (Fsp3) is 0.273. The highest BCUT2D eigenvalue weighted by Gasteiger charge is 2.25. The van der Waals surface area contributed by atoms with Crippen LogP contribution >= 0.6 is 0 Å². The van der Waals surface area contributed by atoms with Crippen molar-refractivity contribution in [2.75, 3.05) is 6.61 Å². The Labute approximate surface area is 147 Å². The van der Waals surface area contributed by atoms with Gasteiger partial charge in [0.05, 0.1) is 6.10 Å². The number of aliphatic hydroxyl groups is 1. The molecule has 0 saturated carbocycles. The molecule has 3 nitrogen and oxygen atoms in total. The molecule has 1 heterocycles. The van der Waals surface area contributed by atoms with Crippen molar-refractivity contribution in [3.05, 3.63) is 77.9 Å². The van der Waals surface area contributed by atoms with Crippen LogP contribution in [0, 0.1) is 0 Å². The first-order valence-electron chi connectivity index (χ1n) is 8.80. The van der Waals surface area contributed by atoms with Gasteiger partial charge in [0.1, 0.15) is 18.5 Å². The third-order valence-corrected chi connectivity index (χ3v) is 4.74. The Bertz CT molecular complexity index is 853. The maximum Gasteiger partial charge on any atom is 0.120 e. The molecule has 1 aliphatic rings. The van der Waals surface area contributed by atoms with E-state index in [2.05, 4.69) is 30.3 Å². The monoisotopic (exact) mass is 334 g/mol. The first kappa shape index (κ1) is 16.1. The van der Waals surface area contributed by atoms with E-state index in [1.807, 2.05) is 36.4 Å². The predicted octanol–water partition coefficient (Wildman–Crippen LogP) is 4.63. The van der Waals surface area contributed by atoms with Crippen molar-refractivity contribution in [1.82, 2.24) is 0 Å². The molecule has 25 heavy (non-hydrogen) atoms. The molecule has 3 aromatic carbocycles. The Morgan fingerprint density at radius 3 is 2.72 bits per heavy atom. The second-order valence-corrected chi connectivity index (χ2v) is 6.54. The van der Waals surface area contributed by atoms with Gasteiger partial charge in [-0.3, -0.25) is 0 Å². The topological polar surface area (TPSA) is 38.7 Å². The van der Waals surface area contributed by atoms with Crippen LogP contribution in [0.5, 0.6) is 5.75 Å². The van der Waals surface area contributed by atoms with Gasteiger partial charge in [-0.15, -0.1) is 0 Å². The summed E-state index contributed by atoms with van der Waals surface area (Å²) in [5.41, 5.74) is 1.98. The van der Waals surface area contributed by atoms with Crippen LogP contribution in [0.4, 0.5) is 0 Å². The van der Waals surface area contributed by atoms with E-state index in [0.29, 0.717) is 6.61 Å². The molecule has 128 valence electrons. The van der Waals surface area contributed by atoms with Crippen LogP contribution in [-0.2, 0) is 11.3 Å². The number of benzene rings is 3. The Kier molecular flexibility index (Phi) is 4.68. The molecule has 1 N–H and O–H groups in total. The zero-order chi connectivity index (χ0) is 17.1. The van der Waals surface area contributed by atoms with Gasteiger partial charge in [0, 0.05) is 6.61 Å². The van der Waals surface area contributed by atoms with Gasteiger partial charge in [0.25, 0.3) is 0 Å². The summed E-state index contributed by atoms with van der Waals surface area (Å²) in [6.07, 6.45) is 1.23. The van der Waals surface area contributed by atoms with E-state index >= 15 is 0 Å². The maximum atomic E-state index is 10.5. The Morgan fingerprint density at radius 2 is 1.88 bits per heavy atom.